The van der Waals surface area contributed by atoms with E-state index in [0.717, 1.165) is 6.07 Å². The van der Waals surface area contributed by atoms with Crippen LogP contribution in [-0.2, 0) is 11.0 Å². The molecule has 0 aromatic heterocycles. The first-order chi connectivity index (χ1) is 17.3. The Morgan fingerprint density at radius 3 is 2.22 bits per heavy atom. The molecule has 2 aromatic carbocycles. The van der Waals surface area contributed by atoms with Crippen molar-refractivity contribution in [3.8, 4) is 5.75 Å². The highest BCUT2D eigenvalue weighted by molar-refractivity contribution is 6.00. The van der Waals surface area contributed by atoms with Gasteiger partial charge in [-0.05, 0) is 73.9 Å². The zero-order valence-electron chi connectivity index (χ0n) is 19.9. The van der Waals surface area contributed by atoms with Crippen LogP contribution in [-0.4, -0.2) is 47.3 Å². The second-order valence-electron chi connectivity index (χ2n) is 9.76. The summed E-state index contributed by atoms with van der Waals surface area (Å²) >= 11 is 0. The van der Waals surface area contributed by atoms with E-state index in [9.17, 15) is 41.0 Å². The summed E-state index contributed by atoms with van der Waals surface area (Å²) in [6, 6.07) is 6.43. The van der Waals surface area contributed by atoms with Gasteiger partial charge in [0.25, 0.3) is 5.91 Å². The van der Waals surface area contributed by atoms with Crippen LogP contribution in [0.2, 0.25) is 0 Å². The average molecular weight is 531 g/mol. The number of carbonyl (C=O) groups is 2. The van der Waals surface area contributed by atoms with Crippen molar-refractivity contribution in [1.29, 1.82) is 0 Å². The maximum Gasteiger partial charge on any atom is 0.420 e. The molecular weight excluding hydrogens is 504 g/mol. The SMILES string of the molecule is O=C(O)C1CCCN(C(=O)c2ccc3c(C(F)(F)F)c(O[C@H]4CC[C@@H](C(F)(F)F)CC4)ccc3c2)CC1. The lowest BCUT2D eigenvalue weighted by molar-refractivity contribution is -0.185. The van der Waals surface area contributed by atoms with E-state index in [1.807, 2.05) is 0 Å². The van der Waals surface area contributed by atoms with Gasteiger partial charge in [-0.25, -0.2) is 0 Å². The van der Waals surface area contributed by atoms with Crippen molar-refractivity contribution in [3.05, 3.63) is 41.5 Å². The highest BCUT2D eigenvalue weighted by Gasteiger charge is 2.43. The Morgan fingerprint density at radius 2 is 1.59 bits per heavy atom. The molecule has 4 rings (SSSR count). The van der Waals surface area contributed by atoms with Gasteiger partial charge in [0.05, 0.1) is 17.9 Å². The summed E-state index contributed by atoms with van der Waals surface area (Å²) in [7, 11) is 0. The van der Waals surface area contributed by atoms with Crippen LogP contribution < -0.4 is 4.74 Å². The van der Waals surface area contributed by atoms with Crippen LogP contribution in [0.3, 0.4) is 0 Å². The zero-order chi connectivity index (χ0) is 27.0. The molecule has 1 saturated carbocycles. The number of carboxylic acids is 1. The number of aliphatic carboxylic acids is 1. The summed E-state index contributed by atoms with van der Waals surface area (Å²) in [5, 5.41) is 9.23. The van der Waals surface area contributed by atoms with Crippen LogP contribution in [0.1, 0.15) is 60.9 Å². The highest BCUT2D eigenvalue weighted by atomic mass is 19.4. The van der Waals surface area contributed by atoms with E-state index in [-0.39, 0.29) is 54.5 Å². The molecular formula is C26H27F6NO4. The number of halogens is 6. The summed E-state index contributed by atoms with van der Waals surface area (Å²) in [5.74, 6) is -3.75. The number of carbonyl (C=O) groups excluding carboxylic acids is 1. The number of amides is 1. The number of ether oxygens (including phenoxy) is 1. The molecule has 1 N–H and O–H groups in total. The third kappa shape index (κ3) is 6.13. The maximum atomic E-state index is 14.1. The Balaban J connectivity index is 1.56. The monoisotopic (exact) mass is 531 g/mol. The normalized spacial score (nSPS) is 23.5. The molecule has 1 unspecified atom stereocenters. The lowest BCUT2D eigenvalue weighted by Crippen LogP contribution is -2.32. The molecule has 1 amide bonds. The van der Waals surface area contributed by atoms with E-state index in [1.54, 1.807) is 0 Å². The Bertz CT molecular complexity index is 1150. The molecule has 5 nitrogen and oxygen atoms in total. The van der Waals surface area contributed by atoms with Gasteiger partial charge in [-0.1, -0.05) is 12.1 Å². The van der Waals surface area contributed by atoms with Crippen LogP contribution in [0, 0.1) is 11.8 Å². The number of carboxylic acid groups (broad SMARTS) is 1. The van der Waals surface area contributed by atoms with Crippen LogP contribution in [0.4, 0.5) is 26.3 Å². The predicted molar refractivity (Wildman–Crippen MR) is 122 cm³/mol. The van der Waals surface area contributed by atoms with E-state index < -0.39 is 47.6 Å². The quantitative estimate of drug-likeness (QED) is 0.447. The molecule has 2 aromatic rings. The number of alkyl halides is 6. The van der Waals surface area contributed by atoms with Gasteiger partial charge in [0, 0.05) is 18.7 Å². The maximum absolute atomic E-state index is 14.1. The molecule has 11 heteroatoms. The summed E-state index contributed by atoms with van der Waals surface area (Å²) in [4.78, 5) is 25.8. The molecule has 1 aliphatic heterocycles. The molecule has 37 heavy (non-hydrogen) atoms. The van der Waals surface area contributed by atoms with Crippen LogP contribution in [0.25, 0.3) is 10.8 Å². The Labute approximate surface area is 209 Å². The molecule has 202 valence electrons. The molecule has 1 atom stereocenters. The van der Waals surface area contributed by atoms with Gasteiger partial charge in [-0.15, -0.1) is 0 Å². The van der Waals surface area contributed by atoms with Gasteiger partial charge in [0.2, 0.25) is 0 Å². The number of likely N-dealkylation sites (tertiary alicyclic amines) is 1. The zero-order valence-corrected chi connectivity index (χ0v) is 19.9. The van der Waals surface area contributed by atoms with Crippen LogP contribution in [0.5, 0.6) is 5.75 Å². The topological polar surface area (TPSA) is 66.8 Å². The van der Waals surface area contributed by atoms with Gasteiger partial charge in [0.1, 0.15) is 11.3 Å². The molecule has 1 heterocycles. The minimum absolute atomic E-state index is 0.00548. The largest absolute Gasteiger partial charge is 0.490 e. The fourth-order valence-electron chi connectivity index (χ4n) is 5.25. The number of benzene rings is 2. The van der Waals surface area contributed by atoms with Gasteiger partial charge < -0.3 is 14.7 Å². The van der Waals surface area contributed by atoms with Crippen molar-refractivity contribution in [3.63, 3.8) is 0 Å². The van der Waals surface area contributed by atoms with E-state index in [1.165, 1.54) is 29.2 Å². The molecule has 2 fully saturated rings. The summed E-state index contributed by atoms with van der Waals surface area (Å²) in [5.41, 5.74) is -0.838. The highest BCUT2D eigenvalue weighted by Crippen LogP contribution is 2.44. The number of fused-ring (bicyclic) bond motifs is 1. The van der Waals surface area contributed by atoms with Crippen molar-refractivity contribution in [1.82, 2.24) is 4.90 Å². The Kier molecular flexibility index (Phi) is 7.62. The first-order valence-corrected chi connectivity index (χ1v) is 12.2. The lowest BCUT2D eigenvalue weighted by Gasteiger charge is -2.31. The van der Waals surface area contributed by atoms with Crippen molar-refractivity contribution in [2.75, 3.05) is 13.1 Å². The smallest absolute Gasteiger partial charge is 0.420 e. The number of rotatable bonds is 4. The van der Waals surface area contributed by atoms with E-state index >= 15 is 0 Å². The number of hydrogen-bond donors (Lipinski definition) is 1. The molecule has 0 spiro atoms. The third-order valence-corrected chi connectivity index (χ3v) is 7.31. The van der Waals surface area contributed by atoms with Gasteiger partial charge in [-0.2, -0.15) is 26.3 Å². The summed E-state index contributed by atoms with van der Waals surface area (Å²) in [6.07, 6.45) is -8.99. The van der Waals surface area contributed by atoms with Crippen molar-refractivity contribution in [2.45, 2.75) is 63.4 Å². The third-order valence-electron chi connectivity index (χ3n) is 7.31. The summed E-state index contributed by atoms with van der Waals surface area (Å²) < 4.78 is 86.7. The van der Waals surface area contributed by atoms with Gasteiger partial charge in [0.15, 0.2) is 0 Å². The minimum Gasteiger partial charge on any atom is -0.490 e. The number of nitrogens with zero attached hydrogens (tertiary/aromatic N) is 1. The number of hydrogen-bond acceptors (Lipinski definition) is 3. The van der Waals surface area contributed by atoms with Crippen molar-refractivity contribution >= 4 is 22.6 Å². The Hall–Kier alpha value is -2.98. The Morgan fingerprint density at radius 1 is 0.892 bits per heavy atom. The van der Waals surface area contributed by atoms with Crippen molar-refractivity contribution < 1.29 is 45.8 Å². The van der Waals surface area contributed by atoms with Crippen molar-refractivity contribution in [2.24, 2.45) is 11.8 Å². The molecule has 1 aliphatic carbocycles. The fraction of sp³-hybridized carbons (Fsp3) is 0.538. The average Bonchev–Trinajstić information content (AvgIpc) is 3.09. The van der Waals surface area contributed by atoms with Crippen LogP contribution >= 0.6 is 0 Å². The van der Waals surface area contributed by atoms with Gasteiger partial charge in [-0.3, -0.25) is 9.59 Å². The standard InChI is InChI=1S/C26H27F6NO4/c27-25(28,29)18-5-7-19(8-6-18)37-21-10-4-16-14-17(3-9-20(16)22(21)26(30,31)32)23(34)33-12-1-2-15(11-13-33)24(35)36/h3-4,9-10,14-15,18-19H,1-2,5-8,11-13H2,(H,35,36)/t15?,18-,19+. The molecule has 2 aliphatic rings. The second-order valence-corrected chi connectivity index (χ2v) is 9.76. The van der Waals surface area contributed by atoms with E-state index in [0.29, 0.717) is 25.8 Å². The summed E-state index contributed by atoms with van der Waals surface area (Å²) in [6.45, 7) is 0.600. The van der Waals surface area contributed by atoms with E-state index in [2.05, 4.69) is 0 Å². The molecule has 0 radical (unpaired) electrons. The molecule has 0 bridgehead atoms. The van der Waals surface area contributed by atoms with E-state index in [4.69, 9.17) is 4.74 Å². The fourth-order valence-corrected chi connectivity index (χ4v) is 5.25. The molecule has 1 saturated heterocycles. The first kappa shape index (κ1) is 27.1. The lowest BCUT2D eigenvalue weighted by atomic mass is 9.87. The van der Waals surface area contributed by atoms with Crippen LogP contribution in [0.15, 0.2) is 30.3 Å². The first-order valence-electron chi connectivity index (χ1n) is 12.2. The minimum atomic E-state index is -4.79. The predicted octanol–water partition coefficient (Wildman–Crippen LogP) is 6.69. The van der Waals surface area contributed by atoms with Gasteiger partial charge >= 0.3 is 18.3 Å². The second kappa shape index (κ2) is 10.4.